The molecule has 0 atom stereocenters. The van der Waals surface area contributed by atoms with Gasteiger partial charge in [-0.25, -0.2) is 4.98 Å². The second kappa shape index (κ2) is 8.78. The average Bonchev–Trinajstić information content (AvgIpc) is 3.56. The maximum Gasteiger partial charge on any atom is 0.275 e. The molecule has 0 spiro atoms. The van der Waals surface area contributed by atoms with E-state index in [1.54, 1.807) is 24.0 Å². The van der Waals surface area contributed by atoms with E-state index in [1.165, 1.54) is 11.3 Å². The number of aromatic amines is 1. The third-order valence-electron chi connectivity index (χ3n) is 5.19. The molecule has 0 bridgehead atoms. The number of amides is 1. The predicted octanol–water partition coefficient (Wildman–Crippen LogP) is 3.47. The lowest BCUT2D eigenvalue weighted by molar-refractivity contribution is 0.0602. The van der Waals surface area contributed by atoms with Crippen molar-refractivity contribution in [2.24, 2.45) is 5.92 Å². The van der Waals surface area contributed by atoms with E-state index in [0.717, 1.165) is 43.2 Å². The number of nitrogens with one attached hydrogen (secondary N) is 2. The number of hydrogen-bond donors (Lipinski definition) is 2. The van der Waals surface area contributed by atoms with Gasteiger partial charge in [0.15, 0.2) is 0 Å². The van der Waals surface area contributed by atoms with Gasteiger partial charge < -0.3 is 10.1 Å². The molecule has 5 rings (SSSR count). The maximum absolute atomic E-state index is 12.9. The fourth-order valence-corrected chi connectivity index (χ4v) is 4.34. The van der Waals surface area contributed by atoms with E-state index in [0.29, 0.717) is 28.7 Å². The van der Waals surface area contributed by atoms with Crippen molar-refractivity contribution in [3.8, 4) is 22.0 Å². The second-order valence-electron chi connectivity index (χ2n) is 7.36. The van der Waals surface area contributed by atoms with Crippen LogP contribution in [0.3, 0.4) is 0 Å². The number of carbonyl (C=O) groups is 1. The van der Waals surface area contributed by atoms with E-state index >= 15 is 0 Å². The van der Waals surface area contributed by atoms with E-state index in [9.17, 15) is 4.79 Å². The number of carbonyl (C=O) groups excluding carboxylic acids is 1. The highest BCUT2D eigenvalue weighted by Crippen LogP contribution is 2.28. The zero-order chi connectivity index (χ0) is 21.0. The van der Waals surface area contributed by atoms with Crippen molar-refractivity contribution in [3.63, 3.8) is 0 Å². The van der Waals surface area contributed by atoms with Gasteiger partial charge in [0.2, 0.25) is 0 Å². The number of thiazole rings is 1. The second-order valence-corrected chi connectivity index (χ2v) is 8.22. The molecular formula is C21H21N7O2S. The van der Waals surface area contributed by atoms with Crippen LogP contribution in [0.4, 0.5) is 5.69 Å². The summed E-state index contributed by atoms with van der Waals surface area (Å²) in [6.07, 6.45) is 9.04. The van der Waals surface area contributed by atoms with Crippen LogP contribution in [0.1, 0.15) is 23.3 Å². The van der Waals surface area contributed by atoms with Crippen LogP contribution in [0.5, 0.6) is 0 Å². The molecule has 0 radical (unpaired) electrons. The molecule has 31 heavy (non-hydrogen) atoms. The normalized spacial score (nSPS) is 14.6. The first kappa shape index (κ1) is 19.6. The Labute approximate surface area is 182 Å². The first-order valence-electron chi connectivity index (χ1n) is 10.1. The number of aromatic nitrogens is 6. The monoisotopic (exact) mass is 435 g/mol. The van der Waals surface area contributed by atoms with Crippen LogP contribution in [0.2, 0.25) is 0 Å². The molecule has 1 aliphatic heterocycles. The van der Waals surface area contributed by atoms with Gasteiger partial charge in [0.1, 0.15) is 16.4 Å². The number of anilines is 1. The maximum atomic E-state index is 12.9. The van der Waals surface area contributed by atoms with Crippen molar-refractivity contribution in [2.75, 3.05) is 18.5 Å². The largest absolute Gasteiger partial charge is 0.381 e. The van der Waals surface area contributed by atoms with Gasteiger partial charge in [-0.2, -0.15) is 10.2 Å². The number of pyridine rings is 1. The SMILES string of the molecule is O=C(Nc1cn(CC2CCOCC2)nc1-c1ccccn1)c1csc(-c2cn[nH]c2)n1. The van der Waals surface area contributed by atoms with Crippen LogP contribution in [-0.4, -0.2) is 49.1 Å². The van der Waals surface area contributed by atoms with Crippen LogP contribution in [0, 0.1) is 5.92 Å². The van der Waals surface area contributed by atoms with Gasteiger partial charge in [0, 0.05) is 49.3 Å². The zero-order valence-electron chi connectivity index (χ0n) is 16.7. The Balaban J connectivity index is 1.39. The number of rotatable bonds is 6. The summed E-state index contributed by atoms with van der Waals surface area (Å²) >= 11 is 1.40. The Hall–Kier alpha value is -3.37. The molecule has 1 aliphatic rings. The summed E-state index contributed by atoms with van der Waals surface area (Å²) in [5.41, 5.74) is 3.17. The lowest BCUT2D eigenvalue weighted by Crippen LogP contribution is -2.20. The Morgan fingerprint density at radius 3 is 3.00 bits per heavy atom. The van der Waals surface area contributed by atoms with E-state index in [1.807, 2.05) is 29.1 Å². The van der Waals surface area contributed by atoms with Crippen molar-refractivity contribution < 1.29 is 9.53 Å². The van der Waals surface area contributed by atoms with Crippen LogP contribution < -0.4 is 5.32 Å². The third-order valence-corrected chi connectivity index (χ3v) is 6.08. The topological polar surface area (TPSA) is 111 Å². The van der Waals surface area contributed by atoms with Crippen LogP contribution >= 0.6 is 11.3 Å². The molecular weight excluding hydrogens is 414 g/mol. The third kappa shape index (κ3) is 4.39. The predicted molar refractivity (Wildman–Crippen MR) is 117 cm³/mol. The van der Waals surface area contributed by atoms with Gasteiger partial charge in [-0.15, -0.1) is 11.3 Å². The van der Waals surface area contributed by atoms with Gasteiger partial charge >= 0.3 is 0 Å². The van der Waals surface area contributed by atoms with Crippen LogP contribution in [-0.2, 0) is 11.3 Å². The molecule has 4 aromatic heterocycles. The van der Waals surface area contributed by atoms with Crippen molar-refractivity contribution >= 4 is 22.9 Å². The highest BCUT2D eigenvalue weighted by atomic mass is 32.1. The molecule has 2 N–H and O–H groups in total. The quantitative estimate of drug-likeness (QED) is 0.480. The fraction of sp³-hybridized carbons (Fsp3) is 0.286. The van der Waals surface area contributed by atoms with E-state index < -0.39 is 0 Å². The molecule has 1 amide bonds. The molecule has 10 heteroatoms. The smallest absolute Gasteiger partial charge is 0.275 e. The molecule has 4 aromatic rings. The van der Waals surface area contributed by atoms with Crippen molar-refractivity contribution in [1.29, 1.82) is 0 Å². The standard InChI is InChI=1S/C21H21N7O2S/c29-20(18-13-31-21(26-18)15-9-23-24-10-15)25-17-12-28(11-14-4-7-30-8-5-14)27-19(17)16-3-1-2-6-22-16/h1-3,6,9-10,12-14H,4-5,7-8,11H2,(H,23,24)(H,25,29). The highest BCUT2D eigenvalue weighted by Gasteiger charge is 2.20. The van der Waals surface area contributed by atoms with Crippen molar-refractivity contribution in [3.05, 3.63) is 54.1 Å². The average molecular weight is 436 g/mol. The minimum atomic E-state index is -0.284. The minimum Gasteiger partial charge on any atom is -0.381 e. The molecule has 9 nitrogen and oxygen atoms in total. The van der Waals surface area contributed by atoms with Gasteiger partial charge in [-0.05, 0) is 30.9 Å². The minimum absolute atomic E-state index is 0.284. The van der Waals surface area contributed by atoms with Crippen LogP contribution in [0.15, 0.2) is 48.4 Å². The molecule has 1 saturated heterocycles. The Bertz CT molecular complexity index is 1150. The Kier molecular flexibility index (Phi) is 5.55. The van der Waals surface area contributed by atoms with Gasteiger partial charge in [-0.3, -0.25) is 19.6 Å². The summed E-state index contributed by atoms with van der Waals surface area (Å²) in [4.78, 5) is 21.8. The fourth-order valence-electron chi connectivity index (χ4n) is 3.56. The lowest BCUT2D eigenvalue weighted by atomic mass is 10.0. The number of H-pyrrole nitrogens is 1. The van der Waals surface area contributed by atoms with Gasteiger partial charge in [0.25, 0.3) is 5.91 Å². The summed E-state index contributed by atoms with van der Waals surface area (Å²) in [6.45, 7) is 2.34. The molecule has 0 unspecified atom stereocenters. The molecule has 0 aliphatic carbocycles. The number of hydrogen-bond acceptors (Lipinski definition) is 7. The summed E-state index contributed by atoms with van der Waals surface area (Å²) in [6, 6.07) is 5.65. The first-order valence-corrected chi connectivity index (χ1v) is 11.0. The molecule has 5 heterocycles. The molecule has 158 valence electrons. The first-order chi connectivity index (χ1) is 15.3. The number of nitrogens with zero attached hydrogens (tertiary/aromatic N) is 5. The van der Waals surface area contributed by atoms with Gasteiger partial charge in [0.05, 0.1) is 17.6 Å². The summed E-state index contributed by atoms with van der Waals surface area (Å²) in [7, 11) is 0. The van der Waals surface area contributed by atoms with Crippen LogP contribution in [0.25, 0.3) is 22.0 Å². The molecule has 0 saturated carbocycles. The summed E-state index contributed by atoms with van der Waals surface area (Å²) < 4.78 is 7.35. The number of ether oxygens (including phenoxy) is 1. The highest BCUT2D eigenvalue weighted by molar-refractivity contribution is 7.13. The Morgan fingerprint density at radius 1 is 1.32 bits per heavy atom. The molecule has 1 fully saturated rings. The van der Waals surface area contributed by atoms with Crippen molar-refractivity contribution in [2.45, 2.75) is 19.4 Å². The van der Waals surface area contributed by atoms with Crippen molar-refractivity contribution in [1.82, 2.24) is 29.9 Å². The van der Waals surface area contributed by atoms with E-state index in [2.05, 4.69) is 25.5 Å². The zero-order valence-corrected chi connectivity index (χ0v) is 17.5. The summed E-state index contributed by atoms with van der Waals surface area (Å²) in [5, 5.41) is 16.9. The lowest BCUT2D eigenvalue weighted by Gasteiger charge is -2.21. The van der Waals surface area contributed by atoms with E-state index in [-0.39, 0.29) is 5.91 Å². The van der Waals surface area contributed by atoms with E-state index in [4.69, 9.17) is 9.84 Å². The van der Waals surface area contributed by atoms with Gasteiger partial charge in [-0.1, -0.05) is 6.07 Å². The summed E-state index contributed by atoms with van der Waals surface area (Å²) in [5.74, 6) is 0.221. The Morgan fingerprint density at radius 2 is 2.23 bits per heavy atom. The molecule has 0 aromatic carbocycles.